The molecule has 0 fully saturated rings. The fourth-order valence-electron chi connectivity index (χ4n) is 2.31. The van der Waals surface area contributed by atoms with E-state index in [-0.39, 0.29) is 23.0 Å². The Hall–Kier alpha value is -0.640. The molecule has 0 bridgehead atoms. The Morgan fingerprint density at radius 2 is 2.11 bits per heavy atom. The lowest BCUT2D eigenvalue weighted by Crippen LogP contribution is -2.42. The molecular weight excluding hydrogens is 265 g/mol. The van der Waals surface area contributed by atoms with Gasteiger partial charge in [-0.1, -0.05) is 44.0 Å². The minimum atomic E-state index is -0.362. The van der Waals surface area contributed by atoms with Gasteiger partial charge in [0.05, 0.1) is 11.1 Å². The lowest BCUT2D eigenvalue weighted by molar-refractivity contribution is 0.0614. The first-order valence-electron chi connectivity index (χ1n) is 6.83. The molecule has 0 aliphatic heterocycles. The van der Waals surface area contributed by atoms with E-state index in [0.717, 1.165) is 24.9 Å². The van der Waals surface area contributed by atoms with E-state index in [1.54, 1.807) is 13.2 Å². The van der Waals surface area contributed by atoms with E-state index in [4.69, 9.17) is 16.3 Å². The number of likely N-dealkylation sites (N-methyl/N-ethyl adjacent to an activating group) is 1. The van der Waals surface area contributed by atoms with Gasteiger partial charge in [-0.05, 0) is 31.0 Å². The van der Waals surface area contributed by atoms with Crippen molar-refractivity contribution in [3.8, 4) is 0 Å². The Morgan fingerprint density at radius 3 is 2.68 bits per heavy atom. The second-order valence-corrected chi connectivity index (χ2v) is 5.02. The van der Waals surface area contributed by atoms with Gasteiger partial charge in [-0.25, -0.2) is 4.39 Å². The molecule has 2 nitrogen and oxygen atoms in total. The third-order valence-corrected chi connectivity index (χ3v) is 3.69. The van der Waals surface area contributed by atoms with Crippen molar-refractivity contribution >= 4 is 11.6 Å². The fraction of sp³-hybridized carbons (Fsp3) is 0.600. The SMILES string of the molecule is CCCC(OC)C(Cc1cccc(F)c1Cl)NCC. The fourth-order valence-corrected chi connectivity index (χ4v) is 2.51. The Morgan fingerprint density at radius 1 is 1.37 bits per heavy atom. The van der Waals surface area contributed by atoms with Crippen LogP contribution in [-0.4, -0.2) is 25.8 Å². The van der Waals surface area contributed by atoms with Crippen molar-refractivity contribution in [3.63, 3.8) is 0 Å². The van der Waals surface area contributed by atoms with Crippen molar-refractivity contribution < 1.29 is 9.13 Å². The molecule has 0 saturated carbocycles. The molecule has 0 heterocycles. The first kappa shape index (κ1) is 16.4. The zero-order chi connectivity index (χ0) is 14.3. The molecule has 1 N–H and O–H groups in total. The number of nitrogens with one attached hydrogen (secondary N) is 1. The first-order chi connectivity index (χ1) is 9.13. The predicted octanol–water partition coefficient (Wildman–Crippen LogP) is 3.81. The summed E-state index contributed by atoms with van der Waals surface area (Å²) in [5, 5.41) is 3.63. The van der Waals surface area contributed by atoms with Gasteiger partial charge in [-0.3, -0.25) is 0 Å². The second kappa shape index (κ2) is 8.51. The Balaban J connectivity index is 2.85. The van der Waals surface area contributed by atoms with Crippen LogP contribution in [0.3, 0.4) is 0 Å². The smallest absolute Gasteiger partial charge is 0.142 e. The highest BCUT2D eigenvalue weighted by Gasteiger charge is 2.21. The van der Waals surface area contributed by atoms with Gasteiger partial charge in [0.15, 0.2) is 0 Å². The van der Waals surface area contributed by atoms with Crippen molar-refractivity contribution in [1.29, 1.82) is 0 Å². The summed E-state index contributed by atoms with van der Waals surface area (Å²) in [7, 11) is 1.72. The van der Waals surface area contributed by atoms with Gasteiger partial charge in [0, 0.05) is 13.2 Å². The van der Waals surface area contributed by atoms with Crippen molar-refractivity contribution in [1.82, 2.24) is 5.32 Å². The van der Waals surface area contributed by atoms with Crippen LogP contribution in [0.2, 0.25) is 5.02 Å². The molecule has 0 spiro atoms. The summed E-state index contributed by atoms with van der Waals surface area (Å²) in [5.74, 6) is -0.362. The molecule has 2 atom stereocenters. The zero-order valence-electron chi connectivity index (χ0n) is 11.9. The van der Waals surface area contributed by atoms with Crippen LogP contribution in [0.5, 0.6) is 0 Å². The quantitative estimate of drug-likeness (QED) is 0.785. The number of methoxy groups -OCH3 is 1. The van der Waals surface area contributed by atoms with E-state index >= 15 is 0 Å². The largest absolute Gasteiger partial charge is 0.380 e. The highest BCUT2D eigenvalue weighted by molar-refractivity contribution is 6.31. The summed E-state index contributed by atoms with van der Waals surface area (Å²) < 4.78 is 19.0. The molecule has 1 rings (SSSR count). The van der Waals surface area contributed by atoms with Crippen LogP contribution >= 0.6 is 11.6 Å². The van der Waals surface area contributed by atoms with Gasteiger partial charge in [-0.2, -0.15) is 0 Å². The van der Waals surface area contributed by atoms with Crippen LogP contribution in [-0.2, 0) is 11.2 Å². The minimum Gasteiger partial charge on any atom is -0.380 e. The number of rotatable bonds is 8. The Bertz CT molecular complexity index is 386. The van der Waals surface area contributed by atoms with Crippen LogP contribution in [0.4, 0.5) is 4.39 Å². The van der Waals surface area contributed by atoms with Gasteiger partial charge < -0.3 is 10.1 Å². The molecule has 1 aromatic rings. The molecule has 2 unspecified atom stereocenters. The molecular formula is C15H23ClFNO. The van der Waals surface area contributed by atoms with Crippen LogP contribution in [0.25, 0.3) is 0 Å². The highest BCUT2D eigenvalue weighted by Crippen LogP contribution is 2.22. The van der Waals surface area contributed by atoms with E-state index in [2.05, 4.69) is 19.2 Å². The van der Waals surface area contributed by atoms with Crippen molar-refractivity contribution in [2.75, 3.05) is 13.7 Å². The van der Waals surface area contributed by atoms with Crippen LogP contribution in [0.1, 0.15) is 32.3 Å². The van der Waals surface area contributed by atoms with Crippen molar-refractivity contribution in [2.45, 2.75) is 45.3 Å². The highest BCUT2D eigenvalue weighted by atomic mass is 35.5. The van der Waals surface area contributed by atoms with E-state index in [9.17, 15) is 4.39 Å². The standard InChI is InChI=1S/C15H23ClFNO/c1-4-7-14(19-3)13(18-5-2)10-11-8-6-9-12(17)15(11)16/h6,8-9,13-14,18H,4-5,7,10H2,1-3H3. The summed E-state index contributed by atoms with van der Waals surface area (Å²) in [6.45, 7) is 5.03. The lowest BCUT2D eigenvalue weighted by Gasteiger charge is -2.27. The molecule has 0 aliphatic rings. The van der Waals surface area contributed by atoms with Gasteiger partial charge in [0.1, 0.15) is 5.82 Å². The second-order valence-electron chi connectivity index (χ2n) is 4.64. The number of benzene rings is 1. The van der Waals surface area contributed by atoms with Gasteiger partial charge in [0.2, 0.25) is 0 Å². The predicted molar refractivity (Wildman–Crippen MR) is 78.3 cm³/mol. The minimum absolute atomic E-state index is 0.115. The maximum absolute atomic E-state index is 13.5. The number of hydrogen-bond donors (Lipinski definition) is 1. The van der Waals surface area contributed by atoms with E-state index in [0.29, 0.717) is 6.42 Å². The monoisotopic (exact) mass is 287 g/mol. The molecule has 0 amide bonds. The summed E-state index contributed by atoms with van der Waals surface area (Å²) >= 11 is 6.02. The molecule has 0 saturated heterocycles. The molecule has 1 aromatic carbocycles. The first-order valence-corrected chi connectivity index (χ1v) is 7.20. The van der Waals surface area contributed by atoms with Crippen LogP contribution in [0.15, 0.2) is 18.2 Å². The van der Waals surface area contributed by atoms with Gasteiger partial charge in [0.25, 0.3) is 0 Å². The number of hydrogen-bond acceptors (Lipinski definition) is 2. The Kier molecular flexibility index (Phi) is 7.36. The Labute approximate surface area is 120 Å². The summed E-state index contributed by atoms with van der Waals surface area (Å²) in [4.78, 5) is 0. The number of ether oxygens (including phenoxy) is 1. The lowest BCUT2D eigenvalue weighted by atomic mass is 9.98. The molecule has 0 radical (unpaired) electrons. The average molecular weight is 288 g/mol. The maximum atomic E-state index is 13.5. The third kappa shape index (κ3) is 4.75. The van der Waals surface area contributed by atoms with Gasteiger partial charge >= 0.3 is 0 Å². The number of halogens is 2. The average Bonchev–Trinajstić information content (AvgIpc) is 2.40. The van der Waals surface area contributed by atoms with E-state index in [1.807, 2.05) is 6.07 Å². The molecule has 108 valence electrons. The van der Waals surface area contributed by atoms with Crippen LogP contribution in [0, 0.1) is 5.82 Å². The topological polar surface area (TPSA) is 21.3 Å². The third-order valence-electron chi connectivity index (χ3n) is 3.26. The zero-order valence-corrected chi connectivity index (χ0v) is 12.6. The summed E-state index contributed by atoms with van der Waals surface area (Å²) in [6, 6.07) is 5.10. The molecule has 19 heavy (non-hydrogen) atoms. The molecule has 0 aromatic heterocycles. The van der Waals surface area contributed by atoms with E-state index in [1.165, 1.54) is 6.07 Å². The van der Waals surface area contributed by atoms with Crippen LogP contribution < -0.4 is 5.32 Å². The van der Waals surface area contributed by atoms with Crippen molar-refractivity contribution in [3.05, 3.63) is 34.6 Å². The van der Waals surface area contributed by atoms with Crippen molar-refractivity contribution in [2.24, 2.45) is 0 Å². The summed E-state index contributed by atoms with van der Waals surface area (Å²) in [5.41, 5.74) is 0.825. The normalized spacial score (nSPS) is 14.4. The molecule has 0 aliphatic carbocycles. The maximum Gasteiger partial charge on any atom is 0.142 e. The summed E-state index contributed by atoms with van der Waals surface area (Å²) in [6.07, 6.45) is 2.81. The van der Waals surface area contributed by atoms with E-state index < -0.39 is 0 Å². The van der Waals surface area contributed by atoms with Gasteiger partial charge in [-0.15, -0.1) is 0 Å². The molecule has 4 heteroatoms.